The van der Waals surface area contributed by atoms with Crippen LogP contribution in [0.2, 0.25) is 0 Å². The first-order chi connectivity index (χ1) is 8.26. The summed E-state index contributed by atoms with van der Waals surface area (Å²) in [5.41, 5.74) is 2.08. The lowest BCUT2D eigenvalue weighted by Gasteiger charge is -2.06. The van der Waals surface area contributed by atoms with Gasteiger partial charge < -0.3 is 3.07 Å². The predicted octanol–water partition coefficient (Wildman–Crippen LogP) is 4.88. The van der Waals surface area contributed by atoms with E-state index in [1.54, 1.807) is 0 Å². The average Bonchev–Trinajstić information content (AvgIpc) is 2.40. The number of hydrogen-bond acceptors (Lipinski definition) is 1. The summed E-state index contributed by atoms with van der Waals surface area (Å²) in [6.07, 6.45) is 5.47. The lowest BCUT2D eigenvalue weighted by atomic mass is 10.00. The summed E-state index contributed by atoms with van der Waals surface area (Å²) in [5, 5.41) is 2.26. The Morgan fingerprint density at radius 3 is 2.53 bits per heavy atom. The van der Waals surface area contributed by atoms with E-state index in [4.69, 9.17) is 9.49 Å². The normalized spacial score (nSPS) is 9.12. The summed E-state index contributed by atoms with van der Waals surface area (Å²) in [4.78, 5) is 0. The highest BCUT2D eigenvalue weighted by Crippen LogP contribution is 2.28. The zero-order valence-electron chi connectivity index (χ0n) is 10.3. The van der Waals surface area contributed by atoms with Crippen molar-refractivity contribution in [1.82, 2.24) is 0 Å². The van der Waals surface area contributed by atoms with Crippen LogP contribution in [0.15, 0.2) is 30.3 Å². The first-order valence-corrected chi connectivity index (χ1v) is 6.43. The molecule has 17 heavy (non-hydrogen) atoms. The molecule has 0 radical (unpaired) electrons. The van der Waals surface area contributed by atoms with Gasteiger partial charge in [0, 0.05) is 10.9 Å². The van der Waals surface area contributed by atoms with E-state index in [0.29, 0.717) is 0 Å². The van der Waals surface area contributed by atoms with Crippen LogP contribution in [0.5, 0.6) is 5.75 Å². The Balaban J connectivity index is 0.000000686. The van der Waals surface area contributed by atoms with E-state index < -0.39 is 0 Å². The zero-order chi connectivity index (χ0) is 12.8. The second-order valence-corrected chi connectivity index (χ2v) is 3.81. The van der Waals surface area contributed by atoms with Gasteiger partial charge in [0.05, 0.1) is 0 Å². The SMILES string of the molecule is C#Cc1cccc2cc(OI)cc(C)c12.CC. The molecule has 2 aromatic carbocycles. The minimum absolute atomic E-state index is 0.856. The van der Waals surface area contributed by atoms with Crippen molar-refractivity contribution in [1.29, 1.82) is 0 Å². The van der Waals surface area contributed by atoms with Gasteiger partial charge in [0.2, 0.25) is 0 Å². The van der Waals surface area contributed by atoms with E-state index in [2.05, 4.69) is 5.92 Å². The summed E-state index contributed by atoms with van der Waals surface area (Å²) >= 11 is 1.88. The summed E-state index contributed by atoms with van der Waals surface area (Å²) in [6, 6.07) is 9.96. The Bertz CT molecular complexity index is 553. The number of rotatable bonds is 1. The number of fused-ring (bicyclic) bond motifs is 1. The number of hydrogen-bond donors (Lipinski definition) is 0. The van der Waals surface area contributed by atoms with E-state index in [9.17, 15) is 0 Å². The maximum Gasteiger partial charge on any atom is 0.192 e. The second-order valence-electron chi connectivity index (χ2n) is 3.37. The fourth-order valence-electron chi connectivity index (χ4n) is 1.78. The molecule has 0 amide bonds. The Morgan fingerprint density at radius 2 is 1.94 bits per heavy atom. The Labute approximate surface area is 117 Å². The fraction of sp³-hybridized carbons (Fsp3) is 0.200. The largest absolute Gasteiger partial charge is 0.428 e. The first kappa shape index (κ1) is 13.9. The van der Waals surface area contributed by atoms with Crippen LogP contribution >= 0.6 is 23.0 Å². The first-order valence-electron chi connectivity index (χ1n) is 5.55. The quantitative estimate of drug-likeness (QED) is 0.532. The number of benzene rings is 2. The van der Waals surface area contributed by atoms with Gasteiger partial charge in [-0.2, -0.15) is 0 Å². The van der Waals surface area contributed by atoms with Crippen molar-refractivity contribution in [2.24, 2.45) is 0 Å². The van der Waals surface area contributed by atoms with E-state index in [1.165, 1.54) is 0 Å². The number of terminal acetylenes is 1. The van der Waals surface area contributed by atoms with Crippen LogP contribution in [0.25, 0.3) is 10.8 Å². The molecule has 0 bridgehead atoms. The molecular formula is C15H15IO. The summed E-state index contributed by atoms with van der Waals surface area (Å²) in [5.74, 6) is 3.56. The summed E-state index contributed by atoms with van der Waals surface area (Å²) < 4.78 is 5.19. The molecule has 0 fully saturated rings. The molecule has 0 spiro atoms. The molecule has 0 unspecified atom stereocenters. The fourth-order valence-corrected chi connectivity index (χ4v) is 2.03. The third-order valence-electron chi connectivity index (χ3n) is 2.39. The highest BCUT2D eigenvalue weighted by molar-refractivity contribution is 14.1. The average molecular weight is 338 g/mol. The molecule has 1 nitrogen and oxygen atoms in total. The minimum atomic E-state index is 0.856. The Morgan fingerprint density at radius 1 is 1.24 bits per heavy atom. The topological polar surface area (TPSA) is 9.23 Å². The molecule has 0 atom stereocenters. The van der Waals surface area contributed by atoms with Gasteiger partial charge in [-0.3, -0.25) is 0 Å². The van der Waals surface area contributed by atoms with Crippen molar-refractivity contribution < 1.29 is 3.07 Å². The molecule has 0 aliphatic rings. The highest BCUT2D eigenvalue weighted by atomic mass is 127. The van der Waals surface area contributed by atoms with Gasteiger partial charge in [0.25, 0.3) is 0 Å². The van der Waals surface area contributed by atoms with Gasteiger partial charge in [0.1, 0.15) is 5.75 Å². The highest BCUT2D eigenvalue weighted by Gasteiger charge is 2.04. The van der Waals surface area contributed by atoms with Gasteiger partial charge >= 0.3 is 0 Å². The van der Waals surface area contributed by atoms with Crippen molar-refractivity contribution in [3.63, 3.8) is 0 Å². The molecule has 2 aromatic rings. The van der Waals surface area contributed by atoms with Gasteiger partial charge in [-0.25, -0.2) is 0 Å². The predicted molar refractivity (Wildman–Crippen MR) is 82.6 cm³/mol. The number of halogens is 1. The monoisotopic (exact) mass is 338 g/mol. The van der Waals surface area contributed by atoms with Gasteiger partial charge in [-0.05, 0) is 36.1 Å². The molecule has 0 aliphatic carbocycles. The van der Waals surface area contributed by atoms with E-state index in [0.717, 1.165) is 27.6 Å². The molecule has 0 saturated heterocycles. The molecule has 2 heteroatoms. The van der Waals surface area contributed by atoms with Crippen molar-refractivity contribution in [2.45, 2.75) is 20.8 Å². The van der Waals surface area contributed by atoms with Crippen molar-refractivity contribution >= 4 is 33.8 Å². The molecule has 0 N–H and O–H groups in total. The third kappa shape index (κ3) is 2.92. The van der Waals surface area contributed by atoms with Crippen LogP contribution in [-0.2, 0) is 0 Å². The van der Waals surface area contributed by atoms with E-state index >= 15 is 0 Å². The van der Waals surface area contributed by atoms with Crippen LogP contribution in [0.3, 0.4) is 0 Å². The molecular weight excluding hydrogens is 323 g/mol. The van der Waals surface area contributed by atoms with Crippen LogP contribution in [0.4, 0.5) is 0 Å². The maximum atomic E-state index is 5.47. The number of aryl methyl sites for hydroxylation is 1. The standard InChI is InChI=1S/C13H9IO.C2H6/c1-3-10-5-4-6-11-8-12(15-14)7-9(2)13(10)11;1-2/h1,4-8H,2H3;1-2H3. The molecule has 2 rings (SSSR count). The van der Waals surface area contributed by atoms with E-state index in [1.807, 2.05) is 74.1 Å². The van der Waals surface area contributed by atoms with Gasteiger partial charge in [-0.1, -0.05) is 31.9 Å². The van der Waals surface area contributed by atoms with Crippen molar-refractivity contribution in [3.8, 4) is 18.1 Å². The molecule has 0 aliphatic heterocycles. The summed E-state index contributed by atoms with van der Waals surface area (Å²) in [7, 11) is 0. The molecule has 0 saturated carbocycles. The smallest absolute Gasteiger partial charge is 0.192 e. The lowest BCUT2D eigenvalue weighted by molar-refractivity contribution is 0.718. The van der Waals surface area contributed by atoms with Crippen LogP contribution < -0.4 is 3.07 Å². The zero-order valence-corrected chi connectivity index (χ0v) is 12.4. The lowest BCUT2D eigenvalue weighted by Crippen LogP contribution is -1.85. The van der Waals surface area contributed by atoms with Gasteiger partial charge in [-0.15, -0.1) is 6.42 Å². The molecule has 0 aromatic heterocycles. The molecule has 88 valence electrons. The summed E-state index contributed by atoms with van der Waals surface area (Å²) in [6.45, 7) is 6.04. The van der Waals surface area contributed by atoms with Crippen LogP contribution in [0, 0.1) is 19.3 Å². The molecule has 0 heterocycles. The maximum absolute atomic E-state index is 5.47. The Kier molecular flexibility index (Phi) is 5.30. The second kappa shape index (κ2) is 6.51. The van der Waals surface area contributed by atoms with Crippen molar-refractivity contribution in [3.05, 3.63) is 41.5 Å². The van der Waals surface area contributed by atoms with Crippen molar-refractivity contribution in [2.75, 3.05) is 0 Å². The third-order valence-corrected chi connectivity index (χ3v) is 2.90. The minimum Gasteiger partial charge on any atom is -0.428 e. The van der Waals surface area contributed by atoms with Crippen LogP contribution in [-0.4, -0.2) is 0 Å². The van der Waals surface area contributed by atoms with E-state index in [-0.39, 0.29) is 0 Å². The Hall–Kier alpha value is -1.21. The van der Waals surface area contributed by atoms with Crippen LogP contribution in [0.1, 0.15) is 25.0 Å². The van der Waals surface area contributed by atoms with Gasteiger partial charge in [0.15, 0.2) is 23.0 Å².